The standard InChI is InChI=1S/C10H12N2O3/c11-3-6-4-12-5-8(10(13)14)9(6)15-7-1-2-7/h4-5,7H,1-3,11H2,(H,13,14). The van der Waals surface area contributed by atoms with E-state index < -0.39 is 5.97 Å². The molecule has 80 valence electrons. The Bertz CT molecular complexity index is 388. The van der Waals surface area contributed by atoms with E-state index in [-0.39, 0.29) is 18.2 Å². The minimum absolute atomic E-state index is 0.0878. The van der Waals surface area contributed by atoms with Crippen LogP contribution in [0.4, 0.5) is 0 Å². The second-order valence-electron chi connectivity index (χ2n) is 3.50. The van der Waals surface area contributed by atoms with Crippen molar-refractivity contribution in [3.05, 3.63) is 23.5 Å². The van der Waals surface area contributed by atoms with Gasteiger partial charge in [-0.2, -0.15) is 0 Å². The largest absolute Gasteiger partial charge is 0.489 e. The van der Waals surface area contributed by atoms with Crippen molar-refractivity contribution in [3.8, 4) is 5.75 Å². The van der Waals surface area contributed by atoms with Gasteiger partial charge in [0.2, 0.25) is 0 Å². The van der Waals surface area contributed by atoms with Crippen molar-refractivity contribution in [1.82, 2.24) is 4.98 Å². The molecule has 1 aliphatic carbocycles. The summed E-state index contributed by atoms with van der Waals surface area (Å²) < 4.78 is 5.54. The van der Waals surface area contributed by atoms with Crippen LogP contribution in [0.3, 0.4) is 0 Å². The minimum Gasteiger partial charge on any atom is -0.489 e. The van der Waals surface area contributed by atoms with E-state index in [0.717, 1.165) is 12.8 Å². The van der Waals surface area contributed by atoms with E-state index >= 15 is 0 Å². The third kappa shape index (κ3) is 2.07. The van der Waals surface area contributed by atoms with Gasteiger partial charge in [-0.3, -0.25) is 4.98 Å². The number of carbonyl (C=O) groups is 1. The monoisotopic (exact) mass is 208 g/mol. The number of rotatable bonds is 4. The molecule has 1 aliphatic rings. The predicted molar refractivity (Wildman–Crippen MR) is 52.7 cm³/mol. The third-order valence-electron chi connectivity index (χ3n) is 2.23. The Balaban J connectivity index is 2.38. The molecule has 1 aromatic rings. The highest BCUT2D eigenvalue weighted by atomic mass is 16.5. The van der Waals surface area contributed by atoms with Crippen molar-refractivity contribution in [3.63, 3.8) is 0 Å². The molecule has 0 atom stereocenters. The molecule has 0 spiro atoms. The molecule has 1 aromatic heterocycles. The summed E-state index contributed by atoms with van der Waals surface area (Å²) >= 11 is 0. The van der Waals surface area contributed by atoms with E-state index in [9.17, 15) is 4.79 Å². The molecule has 0 radical (unpaired) electrons. The van der Waals surface area contributed by atoms with Crippen LogP contribution in [0.15, 0.2) is 12.4 Å². The Hall–Kier alpha value is -1.62. The predicted octanol–water partition coefficient (Wildman–Crippen LogP) is 0.780. The number of carboxylic acid groups (broad SMARTS) is 1. The molecule has 5 nitrogen and oxygen atoms in total. The first-order valence-electron chi connectivity index (χ1n) is 4.79. The molecule has 3 N–H and O–H groups in total. The molecule has 1 saturated carbocycles. The highest BCUT2D eigenvalue weighted by Crippen LogP contribution is 2.31. The second kappa shape index (κ2) is 3.86. The summed E-state index contributed by atoms with van der Waals surface area (Å²) in [4.78, 5) is 14.8. The normalized spacial score (nSPS) is 15.0. The molecule has 0 amide bonds. The lowest BCUT2D eigenvalue weighted by Gasteiger charge is -2.11. The van der Waals surface area contributed by atoms with E-state index in [1.54, 1.807) is 6.20 Å². The van der Waals surface area contributed by atoms with Gasteiger partial charge in [0.05, 0.1) is 6.10 Å². The summed E-state index contributed by atoms with van der Waals surface area (Å²) in [5, 5.41) is 8.96. The van der Waals surface area contributed by atoms with Crippen LogP contribution in [0.25, 0.3) is 0 Å². The van der Waals surface area contributed by atoms with Crippen molar-refractivity contribution in [2.75, 3.05) is 0 Å². The van der Waals surface area contributed by atoms with Gasteiger partial charge < -0.3 is 15.6 Å². The summed E-state index contributed by atoms with van der Waals surface area (Å²) in [5.74, 6) is -0.657. The van der Waals surface area contributed by atoms with Crippen LogP contribution >= 0.6 is 0 Å². The van der Waals surface area contributed by atoms with E-state index in [1.165, 1.54) is 6.20 Å². The molecule has 0 bridgehead atoms. The highest BCUT2D eigenvalue weighted by molar-refractivity contribution is 5.91. The third-order valence-corrected chi connectivity index (χ3v) is 2.23. The first-order valence-corrected chi connectivity index (χ1v) is 4.79. The maximum Gasteiger partial charge on any atom is 0.341 e. The van der Waals surface area contributed by atoms with Crippen molar-refractivity contribution in [2.45, 2.75) is 25.5 Å². The number of pyridine rings is 1. The smallest absolute Gasteiger partial charge is 0.341 e. The van der Waals surface area contributed by atoms with Gasteiger partial charge in [-0.15, -0.1) is 0 Å². The maximum absolute atomic E-state index is 10.9. The van der Waals surface area contributed by atoms with Crippen LogP contribution < -0.4 is 10.5 Å². The van der Waals surface area contributed by atoms with Gasteiger partial charge in [-0.05, 0) is 12.8 Å². The maximum atomic E-state index is 10.9. The number of aromatic carboxylic acids is 1. The van der Waals surface area contributed by atoms with Gasteiger partial charge in [-0.1, -0.05) is 0 Å². The molecule has 0 saturated heterocycles. The van der Waals surface area contributed by atoms with Crippen molar-refractivity contribution < 1.29 is 14.6 Å². The molecule has 1 fully saturated rings. The quantitative estimate of drug-likeness (QED) is 0.763. The summed E-state index contributed by atoms with van der Waals surface area (Å²) in [6, 6.07) is 0. The molecule has 0 aromatic carbocycles. The molecule has 2 rings (SSSR count). The van der Waals surface area contributed by atoms with E-state index in [2.05, 4.69) is 4.98 Å². The molecular weight excluding hydrogens is 196 g/mol. The molecule has 1 heterocycles. The summed E-state index contributed by atoms with van der Waals surface area (Å²) in [6.07, 6.45) is 4.94. The van der Waals surface area contributed by atoms with Gasteiger partial charge in [0, 0.05) is 24.5 Å². The molecule has 0 aliphatic heterocycles. The zero-order valence-electron chi connectivity index (χ0n) is 8.14. The molecule has 0 unspecified atom stereocenters. The van der Waals surface area contributed by atoms with Gasteiger partial charge >= 0.3 is 5.97 Å². The Morgan fingerprint density at radius 1 is 1.60 bits per heavy atom. The number of nitrogens with two attached hydrogens (primary N) is 1. The van der Waals surface area contributed by atoms with Crippen LogP contribution in [0.1, 0.15) is 28.8 Å². The number of hydrogen-bond acceptors (Lipinski definition) is 4. The molecule has 5 heteroatoms. The summed E-state index contributed by atoms with van der Waals surface area (Å²) in [7, 11) is 0. The van der Waals surface area contributed by atoms with Crippen LogP contribution in [-0.2, 0) is 6.54 Å². The van der Waals surface area contributed by atoms with Gasteiger partial charge in [0.15, 0.2) is 0 Å². The van der Waals surface area contributed by atoms with Crippen LogP contribution in [0, 0.1) is 0 Å². The summed E-state index contributed by atoms with van der Waals surface area (Å²) in [5.41, 5.74) is 6.23. The topological polar surface area (TPSA) is 85.4 Å². The molecule has 15 heavy (non-hydrogen) atoms. The number of aromatic nitrogens is 1. The van der Waals surface area contributed by atoms with E-state index in [4.69, 9.17) is 15.6 Å². The zero-order chi connectivity index (χ0) is 10.8. The Kier molecular flexibility index (Phi) is 2.55. The number of hydrogen-bond donors (Lipinski definition) is 2. The number of nitrogens with zero attached hydrogens (tertiary/aromatic N) is 1. The fraction of sp³-hybridized carbons (Fsp3) is 0.400. The summed E-state index contributed by atoms with van der Waals surface area (Å²) in [6.45, 7) is 0.232. The SMILES string of the molecule is NCc1cncc(C(=O)O)c1OC1CC1. The Morgan fingerprint density at radius 3 is 2.87 bits per heavy atom. The number of ether oxygens (including phenoxy) is 1. The lowest BCUT2D eigenvalue weighted by Crippen LogP contribution is -2.10. The zero-order valence-corrected chi connectivity index (χ0v) is 8.14. The van der Waals surface area contributed by atoms with Gasteiger partial charge in [0.1, 0.15) is 11.3 Å². The van der Waals surface area contributed by atoms with Crippen LogP contribution in [-0.4, -0.2) is 22.2 Å². The van der Waals surface area contributed by atoms with Crippen molar-refractivity contribution >= 4 is 5.97 Å². The Labute approximate surface area is 86.9 Å². The van der Waals surface area contributed by atoms with E-state index in [0.29, 0.717) is 11.3 Å². The van der Waals surface area contributed by atoms with Gasteiger partial charge in [0.25, 0.3) is 0 Å². The first-order chi connectivity index (χ1) is 7.22. The minimum atomic E-state index is -1.03. The fourth-order valence-electron chi connectivity index (χ4n) is 1.28. The van der Waals surface area contributed by atoms with E-state index in [1.807, 2.05) is 0 Å². The number of carboxylic acids is 1. The highest BCUT2D eigenvalue weighted by Gasteiger charge is 2.27. The Morgan fingerprint density at radius 2 is 2.33 bits per heavy atom. The van der Waals surface area contributed by atoms with Gasteiger partial charge in [-0.25, -0.2) is 4.79 Å². The van der Waals surface area contributed by atoms with Crippen molar-refractivity contribution in [1.29, 1.82) is 0 Å². The average molecular weight is 208 g/mol. The fourth-order valence-corrected chi connectivity index (χ4v) is 1.28. The lowest BCUT2D eigenvalue weighted by atomic mass is 10.1. The second-order valence-corrected chi connectivity index (χ2v) is 3.50. The average Bonchev–Trinajstić information content (AvgIpc) is 3.01. The van der Waals surface area contributed by atoms with Crippen LogP contribution in [0.5, 0.6) is 5.75 Å². The molecular formula is C10H12N2O3. The van der Waals surface area contributed by atoms with Crippen molar-refractivity contribution in [2.24, 2.45) is 5.73 Å². The first kappa shape index (κ1) is 9.92. The lowest BCUT2D eigenvalue weighted by molar-refractivity contribution is 0.0691. The van der Waals surface area contributed by atoms with Crippen LogP contribution in [0.2, 0.25) is 0 Å².